The van der Waals surface area contributed by atoms with Crippen LogP contribution < -0.4 is 0 Å². The molecule has 82 valence electrons. The van der Waals surface area contributed by atoms with Crippen LogP contribution in [0.3, 0.4) is 0 Å². The van der Waals surface area contributed by atoms with Gasteiger partial charge in [0.1, 0.15) is 0 Å². The Labute approximate surface area is 101 Å². The van der Waals surface area contributed by atoms with Gasteiger partial charge in [0.25, 0.3) is 0 Å². The largest absolute Gasteiger partial charge is 0.261 e. The van der Waals surface area contributed by atoms with Crippen LogP contribution in [0.4, 0.5) is 0 Å². The van der Waals surface area contributed by atoms with E-state index in [2.05, 4.69) is 30.1 Å². The molecule has 0 radical (unpaired) electrons. The summed E-state index contributed by atoms with van der Waals surface area (Å²) in [5.74, 6) is 0. The fourth-order valence-corrected chi connectivity index (χ4v) is 1.98. The zero-order valence-corrected chi connectivity index (χ0v) is 9.98. The van der Waals surface area contributed by atoms with E-state index in [0.717, 1.165) is 17.7 Å². The number of benzene rings is 1. The topological polar surface area (TPSA) is 12.9 Å². The highest BCUT2D eigenvalue weighted by Gasteiger charge is 2.09. The third-order valence-electron chi connectivity index (χ3n) is 2.52. The molecule has 2 heteroatoms. The first-order valence-electron chi connectivity index (χ1n) is 5.36. The lowest BCUT2D eigenvalue weighted by atomic mass is 10.1. The van der Waals surface area contributed by atoms with Gasteiger partial charge < -0.3 is 0 Å². The molecule has 0 amide bonds. The summed E-state index contributed by atoms with van der Waals surface area (Å²) in [5, 5.41) is -0.00481. The molecule has 0 spiro atoms. The van der Waals surface area contributed by atoms with Gasteiger partial charge in [0.15, 0.2) is 0 Å². The molecule has 1 nitrogen and oxygen atoms in total. The third-order valence-corrected chi connectivity index (χ3v) is 2.92. The second-order valence-corrected chi connectivity index (χ2v) is 4.43. The molecule has 0 aliphatic heterocycles. The van der Waals surface area contributed by atoms with Crippen LogP contribution in [0.15, 0.2) is 48.7 Å². The molecule has 1 unspecified atom stereocenters. The van der Waals surface area contributed by atoms with Crippen LogP contribution in [0.2, 0.25) is 0 Å². The molecule has 1 aromatic heterocycles. The summed E-state index contributed by atoms with van der Waals surface area (Å²) >= 11 is 6.37. The second kappa shape index (κ2) is 5.13. The maximum Gasteiger partial charge on any atom is 0.0640 e. The Balaban J connectivity index is 2.12. The van der Waals surface area contributed by atoms with Gasteiger partial charge in [-0.3, -0.25) is 4.98 Å². The third kappa shape index (κ3) is 2.83. The molecule has 0 saturated carbocycles. The van der Waals surface area contributed by atoms with Crippen molar-refractivity contribution in [2.24, 2.45) is 0 Å². The number of hydrogen-bond acceptors (Lipinski definition) is 1. The molecule has 1 aromatic carbocycles. The number of alkyl halides is 1. The van der Waals surface area contributed by atoms with Crippen LogP contribution in [0.1, 0.15) is 22.2 Å². The minimum atomic E-state index is -0.00481. The minimum absolute atomic E-state index is 0.00481. The summed E-state index contributed by atoms with van der Waals surface area (Å²) in [6, 6.07) is 14.2. The molecule has 0 aliphatic carbocycles. The van der Waals surface area contributed by atoms with Crippen LogP contribution >= 0.6 is 11.6 Å². The van der Waals surface area contributed by atoms with E-state index in [4.69, 9.17) is 11.6 Å². The normalized spacial score (nSPS) is 12.4. The standard InChI is InChI=1S/C14H14ClN/c1-11-5-4-6-12(9-11)14(15)10-13-7-2-3-8-16-13/h2-9,14H,10H2,1H3. The first kappa shape index (κ1) is 11.2. The van der Waals surface area contributed by atoms with Gasteiger partial charge in [-0.1, -0.05) is 35.9 Å². The maximum atomic E-state index is 6.37. The number of pyridine rings is 1. The van der Waals surface area contributed by atoms with E-state index in [9.17, 15) is 0 Å². The van der Waals surface area contributed by atoms with Crippen LogP contribution in [0.25, 0.3) is 0 Å². The van der Waals surface area contributed by atoms with Gasteiger partial charge in [-0.2, -0.15) is 0 Å². The lowest BCUT2D eigenvalue weighted by Gasteiger charge is -2.09. The number of nitrogens with zero attached hydrogens (tertiary/aromatic N) is 1. The van der Waals surface area contributed by atoms with Crippen molar-refractivity contribution >= 4 is 11.6 Å². The van der Waals surface area contributed by atoms with Crippen molar-refractivity contribution in [1.82, 2.24) is 4.98 Å². The van der Waals surface area contributed by atoms with Crippen molar-refractivity contribution in [3.05, 3.63) is 65.5 Å². The summed E-state index contributed by atoms with van der Waals surface area (Å²) < 4.78 is 0. The van der Waals surface area contributed by atoms with Gasteiger partial charge >= 0.3 is 0 Å². The molecular weight excluding hydrogens is 218 g/mol. The molecular formula is C14H14ClN. The summed E-state index contributed by atoms with van der Waals surface area (Å²) in [5.41, 5.74) is 3.43. The number of aromatic nitrogens is 1. The van der Waals surface area contributed by atoms with E-state index in [1.807, 2.05) is 24.3 Å². The number of aryl methyl sites for hydroxylation is 1. The molecule has 0 saturated heterocycles. The summed E-state index contributed by atoms with van der Waals surface area (Å²) in [6.07, 6.45) is 2.57. The Morgan fingerprint density at radius 3 is 2.75 bits per heavy atom. The fraction of sp³-hybridized carbons (Fsp3) is 0.214. The van der Waals surface area contributed by atoms with Crippen LogP contribution in [0.5, 0.6) is 0 Å². The van der Waals surface area contributed by atoms with Gasteiger partial charge in [0.2, 0.25) is 0 Å². The highest BCUT2D eigenvalue weighted by Crippen LogP contribution is 2.24. The van der Waals surface area contributed by atoms with Crippen LogP contribution in [-0.4, -0.2) is 4.98 Å². The quantitative estimate of drug-likeness (QED) is 0.730. The number of hydrogen-bond donors (Lipinski definition) is 0. The molecule has 2 rings (SSSR count). The maximum absolute atomic E-state index is 6.37. The smallest absolute Gasteiger partial charge is 0.0640 e. The van der Waals surface area contributed by atoms with E-state index in [0.29, 0.717) is 0 Å². The van der Waals surface area contributed by atoms with Gasteiger partial charge in [-0.15, -0.1) is 11.6 Å². The average Bonchev–Trinajstić information content (AvgIpc) is 2.30. The van der Waals surface area contributed by atoms with Crippen molar-refractivity contribution in [3.8, 4) is 0 Å². The Morgan fingerprint density at radius 2 is 2.06 bits per heavy atom. The van der Waals surface area contributed by atoms with Crippen LogP contribution in [0, 0.1) is 6.92 Å². The predicted octanol–water partition coefficient (Wildman–Crippen LogP) is 3.91. The molecule has 1 heterocycles. The Bertz CT molecular complexity index is 453. The molecule has 0 bridgehead atoms. The van der Waals surface area contributed by atoms with Crippen molar-refractivity contribution in [2.75, 3.05) is 0 Å². The Morgan fingerprint density at radius 1 is 1.19 bits per heavy atom. The molecule has 0 fully saturated rings. The molecule has 0 N–H and O–H groups in total. The van der Waals surface area contributed by atoms with Crippen molar-refractivity contribution in [1.29, 1.82) is 0 Å². The zero-order valence-electron chi connectivity index (χ0n) is 9.23. The fourth-order valence-electron chi connectivity index (χ4n) is 1.69. The number of halogens is 1. The number of rotatable bonds is 3. The predicted molar refractivity (Wildman–Crippen MR) is 67.7 cm³/mol. The lowest BCUT2D eigenvalue weighted by molar-refractivity contribution is 0.880. The van der Waals surface area contributed by atoms with Gasteiger partial charge in [0.05, 0.1) is 5.38 Å². The Hall–Kier alpha value is -1.34. The van der Waals surface area contributed by atoms with E-state index in [1.54, 1.807) is 6.20 Å². The van der Waals surface area contributed by atoms with Crippen molar-refractivity contribution in [2.45, 2.75) is 18.7 Å². The molecule has 1 atom stereocenters. The molecule has 16 heavy (non-hydrogen) atoms. The highest BCUT2D eigenvalue weighted by molar-refractivity contribution is 6.20. The van der Waals surface area contributed by atoms with E-state index < -0.39 is 0 Å². The van der Waals surface area contributed by atoms with Crippen molar-refractivity contribution in [3.63, 3.8) is 0 Å². The van der Waals surface area contributed by atoms with Gasteiger partial charge in [0, 0.05) is 18.3 Å². The molecule has 0 aliphatic rings. The average molecular weight is 232 g/mol. The molecule has 2 aromatic rings. The SMILES string of the molecule is Cc1cccc(C(Cl)Cc2ccccn2)c1. The van der Waals surface area contributed by atoms with E-state index in [1.165, 1.54) is 5.56 Å². The minimum Gasteiger partial charge on any atom is -0.261 e. The first-order chi connectivity index (χ1) is 7.75. The first-order valence-corrected chi connectivity index (χ1v) is 5.80. The lowest BCUT2D eigenvalue weighted by Crippen LogP contribution is -1.98. The zero-order chi connectivity index (χ0) is 11.4. The van der Waals surface area contributed by atoms with Gasteiger partial charge in [-0.05, 0) is 24.6 Å². The Kier molecular flexibility index (Phi) is 3.58. The highest BCUT2D eigenvalue weighted by atomic mass is 35.5. The van der Waals surface area contributed by atoms with Gasteiger partial charge in [-0.25, -0.2) is 0 Å². The van der Waals surface area contributed by atoms with E-state index >= 15 is 0 Å². The summed E-state index contributed by atoms with van der Waals surface area (Å²) in [7, 11) is 0. The van der Waals surface area contributed by atoms with Crippen LogP contribution in [-0.2, 0) is 6.42 Å². The van der Waals surface area contributed by atoms with E-state index in [-0.39, 0.29) is 5.38 Å². The summed E-state index contributed by atoms with van der Waals surface area (Å²) in [6.45, 7) is 2.08. The summed E-state index contributed by atoms with van der Waals surface area (Å²) in [4.78, 5) is 4.28. The van der Waals surface area contributed by atoms with Crippen molar-refractivity contribution < 1.29 is 0 Å². The monoisotopic (exact) mass is 231 g/mol. The second-order valence-electron chi connectivity index (χ2n) is 3.91.